The largest absolute Gasteiger partial charge is 0.372 e. The van der Waals surface area contributed by atoms with Crippen LogP contribution in [0.4, 0.5) is 0 Å². The first kappa shape index (κ1) is 16.8. The first-order chi connectivity index (χ1) is 9.99. The van der Waals surface area contributed by atoms with E-state index in [-0.39, 0.29) is 9.49 Å². The Kier molecular flexibility index (Phi) is 5.71. The number of ether oxygens (including phenoxy) is 1. The highest BCUT2D eigenvalue weighted by atomic mass is 32.2. The van der Waals surface area contributed by atoms with Crippen molar-refractivity contribution < 1.29 is 4.74 Å². The van der Waals surface area contributed by atoms with Crippen molar-refractivity contribution in [3.05, 3.63) is 35.4 Å². The van der Waals surface area contributed by atoms with Crippen LogP contribution in [0.1, 0.15) is 38.3 Å². The molecule has 0 N–H and O–H groups in total. The minimum Gasteiger partial charge on any atom is -0.372 e. The van der Waals surface area contributed by atoms with E-state index in [1.807, 2.05) is 0 Å². The Balaban J connectivity index is 2.28. The summed E-state index contributed by atoms with van der Waals surface area (Å²) in [6.45, 7) is 7.54. The van der Waals surface area contributed by atoms with Crippen molar-refractivity contribution in [1.82, 2.24) is 0 Å². The molecule has 1 nitrogen and oxygen atoms in total. The molecular formula is C18H24OS2. The highest BCUT2D eigenvalue weighted by molar-refractivity contribution is 8.18. The summed E-state index contributed by atoms with van der Waals surface area (Å²) in [6.07, 6.45) is 1.31. The van der Waals surface area contributed by atoms with Crippen LogP contribution in [0.5, 0.6) is 0 Å². The Hall–Kier alpha value is -0.560. The molecule has 0 unspecified atom stereocenters. The molecule has 0 aliphatic carbocycles. The van der Waals surface area contributed by atoms with Gasteiger partial charge in [0.1, 0.15) is 6.61 Å². The van der Waals surface area contributed by atoms with Gasteiger partial charge in [-0.2, -0.15) is 0 Å². The van der Waals surface area contributed by atoms with Gasteiger partial charge in [-0.15, -0.1) is 23.5 Å². The van der Waals surface area contributed by atoms with E-state index in [9.17, 15) is 0 Å². The summed E-state index contributed by atoms with van der Waals surface area (Å²) < 4.78 is 5.12. The molecule has 0 spiro atoms. The van der Waals surface area contributed by atoms with Crippen LogP contribution in [0.25, 0.3) is 0 Å². The lowest BCUT2D eigenvalue weighted by Gasteiger charge is -2.46. The second-order valence-electron chi connectivity index (χ2n) is 6.23. The average Bonchev–Trinajstić information content (AvgIpc) is 2.48. The Bertz CT molecular complexity index is 511. The molecule has 0 amide bonds. The zero-order valence-electron chi connectivity index (χ0n) is 13.4. The Morgan fingerprint density at radius 1 is 1.14 bits per heavy atom. The van der Waals surface area contributed by atoms with Gasteiger partial charge >= 0.3 is 0 Å². The van der Waals surface area contributed by atoms with E-state index in [0.717, 1.165) is 5.56 Å². The number of hydrogen-bond acceptors (Lipinski definition) is 3. The van der Waals surface area contributed by atoms with Gasteiger partial charge in [0.15, 0.2) is 0 Å². The van der Waals surface area contributed by atoms with Gasteiger partial charge in [0.2, 0.25) is 0 Å². The maximum Gasteiger partial charge on any atom is 0.107 e. The summed E-state index contributed by atoms with van der Waals surface area (Å²) in [6, 6.07) is 8.79. The Morgan fingerprint density at radius 2 is 1.76 bits per heavy atom. The fourth-order valence-corrected chi connectivity index (χ4v) is 6.19. The van der Waals surface area contributed by atoms with Crippen molar-refractivity contribution in [2.24, 2.45) is 5.41 Å². The van der Waals surface area contributed by atoms with Crippen LogP contribution in [-0.4, -0.2) is 25.2 Å². The van der Waals surface area contributed by atoms with Crippen LogP contribution in [0.15, 0.2) is 24.3 Å². The van der Waals surface area contributed by atoms with Gasteiger partial charge in [0.05, 0.1) is 4.08 Å². The molecule has 0 radical (unpaired) electrons. The van der Waals surface area contributed by atoms with Crippen molar-refractivity contribution in [2.45, 2.75) is 31.3 Å². The minimum absolute atomic E-state index is 0.156. The molecule has 1 aliphatic rings. The summed E-state index contributed by atoms with van der Waals surface area (Å²) in [5.41, 5.74) is 2.71. The monoisotopic (exact) mass is 320 g/mol. The predicted molar refractivity (Wildman–Crippen MR) is 95.9 cm³/mol. The van der Waals surface area contributed by atoms with Crippen LogP contribution in [0, 0.1) is 17.3 Å². The lowest BCUT2D eigenvalue weighted by atomic mass is 9.86. The van der Waals surface area contributed by atoms with Gasteiger partial charge in [0, 0.05) is 12.7 Å². The summed E-state index contributed by atoms with van der Waals surface area (Å²) >= 11 is 4.21. The standard InChI is InChI=1S/C18H24OS2/c1-17(2,3)18(20-13-6-14-21-18)16-10-8-15(9-11-16)7-5-12-19-4/h8-11H,6,12-14H2,1-4H3. The molecule has 1 saturated heterocycles. The highest BCUT2D eigenvalue weighted by Gasteiger charge is 2.45. The first-order valence-corrected chi connectivity index (χ1v) is 9.33. The molecule has 0 bridgehead atoms. The predicted octanol–water partition coefficient (Wildman–Crippen LogP) is 4.75. The van der Waals surface area contributed by atoms with Crippen LogP contribution in [0.2, 0.25) is 0 Å². The number of benzene rings is 1. The van der Waals surface area contributed by atoms with Crippen LogP contribution in [-0.2, 0) is 8.82 Å². The van der Waals surface area contributed by atoms with Gasteiger partial charge in [-0.3, -0.25) is 0 Å². The van der Waals surface area contributed by atoms with Gasteiger partial charge in [-0.1, -0.05) is 44.7 Å². The number of rotatable bonds is 2. The topological polar surface area (TPSA) is 9.23 Å². The number of methoxy groups -OCH3 is 1. The van der Waals surface area contributed by atoms with Gasteiger partial charge in [0.25, 0.3) is 0 Å². The third-order valence-electron chi connectivity index (χ3n) is 3.60. The van der Waals surface area contributed by atoms with Crippen molar-refractivity contribution in [3.63, 3.8) is 0 Å². The zero-order valence-corrected chi connectivity index (χ0v) is 15.0. The summed E-state index contributed by atoms with van der Waals surface area (Å²) in [7, 11) is 1.67. The first-order valence-electron chi connectivity index (χ1n) is 7.36. The average molecular weight is 321 g/mol. The molecular weight excluding hydrogens is 296 g/mol. The molecule has 21 heavy (non-hydrogen) atoms. The molecule has 0 atom stereocenters. The molecule has 114 valence electrons. The lowest BCUT2D eigenvalue weighted by molar-refractivity contribution is 0.240. The van der Waals surface area contributed by atoms with Gasteiger partial charge < -0.3 is 4.74 Å². The van der Waals surface area contributed by atoms with Crippen molar-refractivity contribution in [1.29, 1.82) is 0 Å². The summed E-state index contributed by atoms with van der Waals surface area (Å²) in [5, 5.41) is 0. The van der Waals surface area contributed by atoms with Crippen molar-refractivity contribution in [3.8, 4) is 11.8 Å². The van der Waals surface area contributed by atoms with E-state index >= 15 is 0 Å². The van der Waals surface area contributed by atoms with E-state index in [4.69, 9.17) is 4.74 Å². The van der Waals surface area contributed by atoms with Crippen LogP contribution < -0.4 is 0 Å². The minimum atomic E-state index is 0.156. The Labute approximate surface area is 137 Å². The van der Waals surface area contributed by atoms with E-state index in [1.165, 1.54) is 23.5 Å². The normalized spacial score (nSPS) is 17.9. The molecule has 1 aromatic rings. The molecule has 1 aliphatic heterocycles. The zero-order chi connectivity index (χ0) is 15.3. The van der Waals surface area contributed by atoms with Gasteiger partial charge in [-0.05, 0) is 41.0 Å². The van der Waals surface area contributed by atoms with Crippen molar-refractivity contribution in [2.75, 3.05) is 25.2 Å². The van der Waals surface area contributed by atoms with Crippen LogP contribution in [0.3, 0.4) is 0 Å². The SMILES string of the molecule is COCC#Cc1ccc(C2(C(C)(C)C)SCCCS2)cc1. The molecule has 3 heteroatoms. The van der Waals surface area contributed by atoms with E-state index in [0.29, 0.717) is 6.61 Å². The van der Waals surface area contributed by atoms with E-state index in [2.05, 4.69) is 80.4 Å². The number of thioether (sulfide) groups is 2. The highest BCUT2D eigenvalue weighted by Crippen LogP contribution is 2.60. The molecule has 0 aromatic heterocycles. The van der Waals surface area contributed by atoms with E-state index in [1.54, 1.807) is 7.11 Å². The van der Waals surface area contributed by atoms with E-state index < -0.39 is 0 Å². The quantitative estimate of drug-likeness (QED) is 0.728. The third-order valence-corrected chi connectivity index (χ3v) is 7.80. The van der Waals surface area contributed by atoms with Crippen molar-refractivity contribution >= 4 is 23.5 Å². The summed E-state index contributed by atoms with van der Waals surface area (Å²) in [4.78, 5) is 0. The van der Waals surface area contributed by atoms with Gasteiger partial charge in [-0.25, -0.2) is 0 Å². The van der Waals surface area contributed by atoms with Crippen LogP contribution >= 0.6 is 23.5 Å². The second-order valence-corrected chi connectivity index (χ2v) is 9.11. The summed E-state index contributed by atoms with van der Waals surface area (Å²) in [5.74, 6) is 8.65. The molecule has 1 fully saturated rings. The Morgan fingerprint density at radius 3 is 2.29 bits per heavy atom. The fraction of sp³-hybridized carbons (Fsp3) is 0.556. The smallest absolute Gasteiger partial charge is 0.107 e. The fourth-order valence-electron chi connectivity index (χ4n) is 2.55. The molecule has 0 saturated carbocycles. The number of hydrogen-bond donors (Lipinski definition) is 0. The molecule has 2 rings (SSSR count). The maximum absolute atomic E-state index is 4.96. The second kappa shape index (κ2) is 7.13. The lowest BCUT2D eigenvalue weighted by Crippen LogP contribution is -2.36. The molecule has 1 aromatic carbocycles. The third kappa shape index (κ3) is 3.80. The molecule has 1 heterocycles. The maximum atomic E-state index is 4.96.